The average Bonchev–Trinajstić information content (AvgIpc) is 2.40. The van der Waals surface area contributed by atoms with Crippen molar-refractivity contribution in [2.75, 3.05) is 13.1 Å². The zero-order chi connectivity index (χ0) is 13.5. The first-order chi connectivity index (χ1) is 8.62. The number of phenols is 1. The lowest BCUT2D eigenvalue weighted by atomic mass is 10.00. The second-order valence-electron chi connectivity index (χ2n) is 5.12. The molecule has 0 saturated carbocycles. The Morgan fingerprint density at radius 3 is 2.11 bits per heavy atom. The van der Waals surface area contributed by atoms with E-state index in [2.05, 4.69) is 32.6 Å². The van der Waals surface area contributed by atoms with Crippen LogP contribution in [0.4, 0.5) is 0 Å². The van der Waals surface area contributed by atoms with E-state index in [1.54, 1.807) is 12.1 Å². The molecular weight excluding hydrogens is 222 g/mol. The van der Waals surface area contributed by atoms with Crippen molar-refractivity contribution in [3.05, 3.63) is 29.8 Å². The maximum atomic E-state index is 9.38. The first-order valence-electron chi connectivity index (χ1n) is 7.15. The summed E-state index contributed by atoms with van der Waals surface area (Å²) in [6.07, 6.45) is 2.33. The lowest BCUT2D eigenvalue weighted by Crippen LogP contribution is -2.32. The van der Waals surface area contributed by atoms with Gasteiger partial charge in [-0.3, -0.25) is 4.90 Å². The van der Waals surface area contributed by atoms with Crippen molar-refractivity contribution in [2.45, 2.75) is 46.6 Å². The Hall–Kier alpha value is -1.02. The normalized spacial score (nSPS) is 14.7. The number of aromatic hydroxyl groups is 1. The van der Waals surface area contributed by atoms with Crippen molar-refractivity contribution >= 4 is 0 Å². The van der Waals surface area contributed by atoms with Crippen molar-refractivity contribution in [2.24, 2.45) is 5.92 Å². The molecule has 1 N–H and O–H groups in total. The first-order valence-corrected chi connectivity index (χ1v) is 7.15. The molecule has 0 heterocycles. The molecule has 0 aromatic heterocycles. The largest absolute Gasteiger partial charge is 0.508 e. The highest BCUT2D eigenvalue weighted by Gasteiger charge is 2.18. The van der Waals surface area contributed by atoms with Gasteiger partial charge in [-0.05, 0) is 36.6 Å². The Morgan fingerprint density at radius 1 is 1.06 bits per heavy atom. The summed E-state index contributed by atoms with van der Waals surface area (Å²) >= 11 is 0. The molecule has 18 heavy (non-hydrogen) atoms. The van der Waals surface area contributed by atoms with Crippen LogP contribution in [0, 0.1) is 5.92 Å². The van der Waals surface area contributed by atoms with Crippen molar-refractivity contribution in [3.63, 3.8) is 0 Å². The van der Waals surface area contributed by atoms with E-state index < -0.39 is 0 Å². The van der Waals surface area contributed by atoms with Crippen LogP contribution >= 0.6 is 0 Å². The van der Waals surface area contributed by atoms with E-state index in [4.69, 9.17) is 0 Å². The maximum absolute atomic E-state index is 9.38. The van der Waals surface area contributed by atoms with Crippen LogP contribution in [0.3, 0.4) is 0 Å². The van der Waals surface area contributed by atoms with E-state index in [0.717, 1.165) is 25.4 Å². The molecule has 0 spiro atoms. The van der Waals surface area contributed by atoms with Gasteiger partial charge >= 0.3 is 0 Å². The summed E-state index contributed by atoms with van der Waals surface area (Å²) in [6, 6.07) is 8.13. The Balaban J connectivity index is 2.82. The zero-order valence-electron chi connectivity index (χ0n) is 12.2. The number of phenolic OH excluding ortho intramolecular Hbond substituents is 1. The summed E-state index contributed by atoms with van der Waals surface area (Å²) in [4.78, 5) is 2.54. The second kappa shape index (κ2) is 7.42. The monoisotopic (exact) mass is 249 g/mol. The third-order valence-electron chi connectivity index (χ3n) is 3.75. The van der Waals surface area contributed by atoms with E-state index >= 15 is 0 Å². The van der Waals surface area contributed by atoms with Crippen molar-refractivity contribution in [1.29, 1.82) is 0 Å². The number of rotatable bonds is 7. The van der Waals surface area contributed by atoms with E-state index in [1.807, 2.05) is 12.1 Å². The molecule has 0 aliphatic carbocycles. The Morgan fingerprint density at radius 2 is 1.67 bits per heavy atom. The number of hydrogen-bond acceptors (Lipinski definition) is 2. The molecule has 102 valence electrons. The smallest absolute Gasteiger partial charge is 0.115 e. The lowest BCUT2D eigenvalue weighted by molar-refractivity contribution is 0.174. The van der Waals surface area contributed by atoms with E-state index in [9.17, 15) is 5.11 Å². The van der Waals surface area contributed by atoms with Crippen molar-refractivity contribution < 1.29 is 5.11 Å². The van der Waals surface area contributed by atoms with Crippen molar-refractivity contribution in [3.8, 4) is 5.75 Å². The van der Waals surface area contributed by atoms with Crippen LogP contribution < -0.4 is 0 Å². The summed E-state index contributed by atoms with van der Waals surface area (Å²) in [7, 11) is 0. The molecule has 1 aromatic carbocycles. The third kappa shape index (κ3) is 4.02. The Labute approximate surface area is 112 Å². The van der Waals surface area contributed by atoms with Gasteiger partial charge in [-0.15, -0.1) is 0 Å². The van der Waals surface area contributed by atoms with Crippen LogP contribution in [-0.2, 0) is 0 Å². The zero-order valence-corrected chi connectivity index (χ0v) is 12.2. The van der Waals surface area contributed by atoms with E-state index in [-0.39, 0.29) is 0 Å². The molecule has 2 unspecified atom stereocenters. The van der Waals surface area contributed by atoms with Crippen molar-refractivity contribution in [1.82, 2.24) is 4.90 Å². The molecular formula is C16H27NO. The summed E-state index contributed by atoms with van der Waals surface area (Å²) in [5.74, 6) is 1.08. The molecule has 2 nitrogen and oxygen atoms in total. The molecule has 0 amide bonds. The fourth-order valence-electron chi connectivity index (χ4n) is 2.41. The van der Waals surface area contributed by atoms with Crippen LogP contribution in [-0.4, -0.2) is 23.1 Å². The Kier molecular flexibility index (Phi) is 6.20. The van der Waals surface area contributed by atoms with Crippen LogP contribution in [0.2, 0.25) is 0 Å². The minimum Gasteiger partial charge on any atom is -0.508 e. The fraction of sp³-hybridized carbons (Fsp3) is 0.625. The number of nitrogens with zero attached hydrogens (tertiary/aromatic N) is 1. The molecule has 0 aliphatic heterocycles. The molecule has 0 radical (unpaired) electrons. The van der Waals surface area contributed by atoms with Crippen LogP contribution in [0.15, 0.2) is 24.3 Å². The third-order valence-corrected chi connectivity index (χ3v) is 3.75. The van der Waals surface area contributed by atoms with Gasteiger partial charge in [0, 0.05) is 12.6 Å². The van der Waals surface area contributed by atoms with Gasteiger partial charge in [0.25, 0.3) is 0 Å². The molecule has 0 aliphatic rings. The highest BCUT2D eigenvalue weighted by Crippen LogP contribution is 2.26. The number of benzene rings is 1. The Bertz CT molecular complexity index is 333. The average molecular weight is 249 g/mol. The lowest BCUT2D eigenvalue weighted by Gasteiger charge is -2.32. The summed E-state index contributed by atoms with van der Waals surface area (Å²) < 4.78 is 0. The highest BCUT2D eigenvalue weighted by molar-refractivity contribution is 5.28. The summed E-state index contributed by atoms with van der Waals surface area (Å²) in [5.41, 5.74) is 1.31. The van der Waals surface area contributed by atoms with Gasteiger partial charge < -0.3 is 5.11 Å². The standard InChI is InChI=1S/C16H27NO/c1-5-13(4)12-17(7-3)16(6-2)14-8-10-15(18)11-9-14/h8-11,13,16,18H,5-7,12H2,1-4H3. The molecule has 2 heteroatoms. The van der Waals surface area contributed by atoms with E-state index in [0.29, 0.717) is 11.8 Å². The van der Waals surface area contributed by atoms with Gasteiger partial charge in [0.1, 0.15) is 5.75 Å². The number of hydrogen-bond donors (Lipinski definition) is 1. The minimum atomic E-state index is 0.346. The molecule has 0 fully saturated rings. The van der Waals surface area contributed by atoms with Crippen LogP contribution in [0.1, 0.15) is 52.1 Å². The first kappa shape index (κ1) is 15.0. The quantitative estimate of drug-likeness (QED) is 0.782. The van der Waals surface area contributed by atoms with Gasteiger partial charge in [0.2, 0.25) is 0 Å². The fourth-order valence-corrected chi connectivity index (χ4v) is 2.41. The van der Waals surface area contributed by atoms with Gasteiger partial charge in [0.15, 0.2) is 0 Å². The summed E-state index contributed by atoms with van der Waals surface area (Å²) in [6.45, 7) is 11.2. The van der Waals surface area contributed by atoms with Crippen LogP contribution in [0.25, 0.3) is 0 Å². The molecule has 1 rings (SSSR count). The summed E-state index contributed by atoms with van der Waals surface area (Å²) in [5, 5.41) is 9.38. The minimum absolute atomic E-state index is 0.346. The second-order valence-corrected chi connectivity index (χ2v) is 5.12. The highest BCUT2D eigenvalue weighted by atomic mass is 16.3. The van der Waals surface area contributed by atoms with E-state index in [1.165, 1.54) is 12.0 Å². The van der Waals surface area contributed by atoms with Crippen LogP contribution in [0.5, 0.6) is 5.75 Å². The molecule has 1 aromatic rings. The molecule has 0 saturated heterocycles. The SMILES string of the molecule is CCC(C)CN(CC)C(CC)c1ccc(O)cc1. The van der Waals surface area contributed by atoms with Gasteiger partial charge in [0.05, 0.1) is 0 Å². The maximum Gasteiger partial charge on any atom is 0.115 e. The van der Waals surface area contributed by atoms with Gasteiger partial charge in [-0.1, -0.05) is 46.2 Å². The predicted octanol–water partition coefficient (Wildman–Crippen LogP) is 4.21. The predicted molar refractivity (Wildman–Crippen MR) is 77.8 cm³/mol. The molecule has 0 bridgehead atoms. The molecule has 2 atom stereocenters. The topological polar surface area (TPSA) is 23.5 Å². The van der Waals surface area contributed by atoms with Gasteiger partial charge in [-0.25, -0.2) is 0 Å². The van der Waals surface area contributed by atoms with Gasteiger partial charge in [-0.2, -0.15) is 0 Å².